The molecule has 56 heavy (non-hydrogen) atoms. The van der Waals surface area contributed by atoms with Gasteiger partial charge in [0.05, 0.1) is 25.4 Å². The van der Waals surface area contributed by atoms with E-state index in [0.29, 0.717) is 19.3 Å². The van der Waals surface area contributed by atoms with Crippen LogP contribution in [-0.4, -0.2) is 107 Å². The molecule has 14 heteroatoms. The first-order valence-corrected chi connectivity index (χ1v) is 23.2. The topological polar surface area (TPSA) is 212 Å². The van der Waals surface area contributed by atoms with Crippen molar-refractivity contribution in [2.24, 2.45) is 0 Å². The van der Waals surface area contributed by atoms with E-state index in [-0.39, 0.29) is 6.42 Å². The molecule has 0 aromatic heterocycles. The molecule has 0 spiro atoms. The Balaban J connectivity index is 2.62. The highest BCUT2D eigenvalue weighted by Crippen LogP contribution is 2.26. The summed E-state index contributed by atoms with van der Waals surface area (Å²) >= 11 is 0. The lowest BCUT2D eigenvalue weighted by Crippen LogP contribution is -2.61. The van der Waals surface area contributed by atoms with Gasteiger partial charge in [-0.25, -0.2) is 4.18 Å². The summed E-state index contributed by atoms with van der Waals surface area (Å²) in [5, 5.41) is 55.2. The van der Waals surface area contributed by atoms with Gasteiger partial charge in [0, 0.05) is 0 Å². The largest absolute Gasteiger partial charge is 0.397 e. The number of carbonyl (C=O) groups is 1. The SMILES string of the molecule is CCCCC/C=C\C=C/CCCCCCCC(O)C(=O)NC(COC1OC(CO)C(O)C(OS(=O)(=O)O)C1O)C(O)CCCCCCCCCCCCCCC. The van der Waals surface area contributed by atoms with Crippen LogP contribution in [0.15, 0.2) is 24.3 Å². The third kappa shape index (κ3) is 25.8. The van der Waals surface area contributed by atoms with Gasteiger partial charge in [-0.2, -0.15) is 8.42 Å². The second kappa shape index (κ2) is 33.4. The quantitative estimate of drug-likeness (QED) is 0.0199. The number of nitrogens with one attached hydrogen (secondary N) is 1. The molecule has 0 aromatic rings. The van der Waals surface area contributed by atoms with Gasteiger partial charge >= 0.3 is 10.4 Å². The minimum Gasteiger partial charge on any atom is -0.394 e. The number of aliphatic hydroxyl groups excluding tert-OH is 5. The molecule has 1 heterocycles. The molecule has 8 unspecified atom stereocenters. The van der Waals surface area contributed by atoms with Gasteiger partial charge in [0.2, 0.25) is 5.91 Å². The van der Waals surface area contributed by atoms with Gasteiger partial charge in [-0.1, -0.05) is 160 Å². The molecule has 1 aliphatic heterocycles. The number of ether oxygens (including phenoxy) is 2. The number of carbonyl (C=O) groups excluding carboxylic acids is 1. The fourth-order valence-electron chi connectivity index (χ4n) is 6.87. The Kier molecular flexibility index (Phi) is 31.3. The zero-order chi connectivity index (χ0) is 41.4. The molecule has 330 valence electrons. The Hall–Kier alpha value is -1.46. The van der Waals surface area contributed by atoms with Crippen LogP contribution in [0.25, 0.3) is 0 Å². The van der Waals surface area contributed by atoms with Crippen LogP contribution in [0, 0.1) is 0 Å². The molecule has 1 rings (SSSR count). The van der Waals surface area contributed by atoms with Gasteiger partial charge in [0.25, 0.3) is 0 Å². The zero-order valence-corrected chi connectivity index (χ0v) is 35.4. The molecule has 7 N–H and O–H groups in total. The van der Waals surface area contributed by atoms with Crippen molar-refractivity contribution < 1.29 is 57.0 Å². The molecule has 1 saturated heterocycles. The van der Waals surface area contributed by atoms with E-state index in [1.807, 2.05) is 0 Å². The number of amides is 1. The minimum atomic E-state index is -5.11. The van der Waals surface area contributed by atoms with Crippen LogP contribution in [0.1, 0.15) is 174 Å². The van der Waals surface area contributed by atoms with Crippen LogP contribution in [0.3, 0.4) is 0 Å². The number of allylic oxidation sites excluding steroid dienone is 4. The maximum absolute atomic E-state index is 13.1. The Morgan fingerprint density at radius 2 is 1.18 bits per heavy atom. The molecular weight excluding hydrogens is 743 g/mol. The summed E-state index contributed by atoms with van der Waals surface area (Å²) in [6, 6.07) is -1.04. The van der Waals surface area contributed by atoms with Crippen molar-refractivity contribution in [1.29, 1.82) is 0 Å². The summed E-state index contributed by atoms with van der Waals surface area (Å²) in [6.07, 6.45) is 23.6. The summed E-state index contributed by atoms with van der Waals surface area (Å²) in [6.45, 7) is 3.21. The molecule has 0 aliphatic carbocycles. The van der Waals surface area contributed by atoms with Crippen LogP contribution >= 0.6 is 0 Å². The molecule has 1 aliphatic rings. The number of aliphatic hydroxyl groups is 5. The van der Waals surface area contributed by atoms with Crippen LogP contribution in [0.4, 0.5) is 0 Å². The Labute approximate surface area is 338 Å². The van der Waals surface area contributed by atoms with E-state index >= 15 is 0 Å². The van der Waals surface area contributed by atoms with E-state index in [0.717, 1.165) is 57.8 Å². The summed E-state index contributed by atoms with van der Waals surface area (Å²) in [5.41, 5.74) is 0. The zero-order valence-electron chi connectivity index (χ0n) is 34.6. The molecule has 0 radical (unpaired) electrons. The first-order chi connectivity index (χ1) is 26.9. The van der Waals surface area contributed by atoms with E-state index in [4.69, 9.17) is 14.0 Å². The predicted molar refractivity (Wildman–Crippen MR) is 219 cm³/mol. The van der Waals surface area contributed by atoms with E-state index in [2.05, 4.69) is 47.7 Å². The number of hydrogen-bond donors (Lipinski definition) is 7. The van der Waals surface area contributed by atoms with Gasteiger partial charge in [0.15, 0.2) is 6.29 Å². The lowest BCUT2D eigenvalue weighted by Gasteiger charge is -2.41. The Morgan fingerprint density at radius 1 is 0.714 bits per heavy atom. The van der Waals surface area contributed by atoms with Crippen molar-refractivity contribution in [3.63, 3.8) is 0 Å². The number of hydrogen-bond acceptors (Lipinski definition) is 11. The van der Waals surface area contributed by atoms with Gasteiger partial charge in [-0.3, -0.25) is 9.35 Å². The van der Waals surface area contributed by atoms with E-state index < -0.39 is 78.5 Å². The van der Waals surface area contributed by atoms with Crippen LogP contribution < -0.4 is 5.32 Å². The van der Waals surface area contributed by atoms with Crippen LogP contribution in [-0.2, 0) is 28.9 Å². The smallest absolute Gasteiger partial charge is 0.394 e. The number of rotatable bonds is 36. The highest BCUT2D eigenvalue weighted by Gasteiger charge is 2.48. The molecule has 0 saturated carbocycles. The van der Waals surface area contributed by atoms with Crippen molar-refractivity contribution >= 4 is 16.3 Å². The third-order valence-corrected chi connectivity index (χ3v) is 10.9. The monoisotopic (exact) mass is 822 g/mol. The van der Waals surface area contributed by atoms with Gasteiger partial charge in [0.1, 0.15) is 30.5 Å². The average Bonchev–Trinajstić information content (AvgIpc) is 3.16. The summed E-state index contributed by atoms with van der Waals surface area (Å²) in [5.74, 6) is -0.683. The second-order valence-electron chi connectivity index (χ2n) is 15.5. The Morgan fingerprint density at radius 3 is 1.70 bits per heavy atom. The molecule has 8 atom stereocenters. The van der Waals surface area contributed by atoms with E-state index in [1.54, 1.807) is 0 Å². The molecule has 0 aromatic carbocycles. The van der Waals surface area contributed by atoms with Crippen molar-refractivity contribution in [3.05, 3.63) is 24.3 Å². The lowest BCUT2D eigenvalue weighted by atomic mass is 9.99. The Bertz CT molecular complexity index is 1120. The maximum Gasteiger partial charge on any atom is 0.397 e. The van der Waals surface area contributed by atoms with E-state index in [1.165, 1.54) is 77.0 Å². The van der Waals surface area contributed by atoms with Crippen molar-refractivity contribution in [1.82, 2.24) is 5.32 Å². The maximum atomic E-state index is 13.1. The van der Waals surface area contributed by atoms with E-state index in [9.17, 15) is 38.7 Å². The summed E-state index contributed by atoms with van der Waals surface area (Å²) in [7, 11) is -5.11. The third-order valence-electron chi connectivity index (χ3n) is 10.4. The molecule has 0 bridgehead atoms. The normalized spacial score (nSPS) is 22.2. The van der Waals surface area contributed by atoms with Gasteiger partial charge < -0.3 is 40.3 Å². The highest BCUT2D eigenvalue weighted by atomic mass is 32.3. The molecular formula is C42H79NO12S. The van der Waals surface area contributed by atoms with Crippen molar-refractivity contribution in [2.75, 3.05) is 13.2 Å². The predicted octanol–water partition coefficient (Wildman–Crippen LogP) is 6.74. The first kappa shape index (κ1) is 52.6. The standard InChI is InChI=1S/C42H79NO12S/c1-3-5-7-9-11-13-15-17-19-21-23-25-27-29-31-36(46)41(49)43-34(35(45)30-28-26-24-22-20-18-16-14-12-10-8-6-4-2)33-53-42-39(48)40(55-56(50,51)52)38(47)37(32-44)54-42/h11,13,15,17,34-40,42,44-48H,3-10,12,14,16,18-33H2,1-2H3,(H,43,49)(H,50,51,52)/b13-11-,17-15-. The summed E-state index contributed by atoms with van der Waals surface area (Å²) in [4.78, 5) is 13.1. The molecule has 13 nitrogen and oxygen atoms in total. The lowest BCUT2D eigenvalue weighted by molar-refractivity contribution is -0.298. The average molecular weight is 822 g/mol. The second-order valence-corrected chi connectivity index (χ2v) is 16.5. The minimum absolute atomic E-state index is 0.242. The van der Waals surface area contributed by atoms with Gasteiger partial charge in [-0.05, 0) is 38.5 Å². The van der Waals surface area contributed by atoms with Crippen LogP contribution in [0.2, 0.25) is 0 Å². The first-order valence-electron chi connectivity index (χ1n) is 21.8. The molecule has 1 amide bonds. The van der Waals surface area contributed by atoms with Crippen molar-refractivity contribution in [2.45, 2.75) is 223 Å². The highest BCUT2D eigenvalue weighted by molar-refractivity contribution is 7.80. The van der Waals surface area contributed by atoms with Crippen LogP contribution in [0.5, 0.6) is 0 Å². The molecule has 1 fully saturated rings. The fraction of sp³-hybridized carbons (Fsp3) is 0.881. The number of unbranched alkanes of at least 4 members (excludes halogenated alkanes) is 20. The van der Waals surface area contributed by atoms with Crippen molar-refractivity contribution in [3.8, 4) is 0 Å². The fourth-order valence-corrected chi connectivity index (χ4v) is 7.38. The summed E-state index contributed by atoms with van der Waals surface area (Å²) < 4.78 is 47.5. The van der Waals surface area contributed by atoms with Gasteiger partial charge in [-0.15, -0.1) is 0 Å².